The molecule has 4 aromatic heterocycles. The Morgan fingerprint density at radius 3 is 2.89 bits per heavy atom. The van der Waals surface area contributed by atoms with Gasteiger partial charge in [-0.2, -0.15) is 0 Å². The first-order chi connectivity index (χ1) is 13.3. The highest BCUT2D eigenvalue weighted by Crippen LogP contribution is 2.37. The number of aromatic nitrogens is 4. The van der Waals surface area contributed by atoms with Crippen molar-refractivity contribution in [2.75, 3.05) is 0 Å². The Bertz CT molecular complexity index is 1310. The Hall–Kier alpha value is -3.10. The summed E-state index contributed by atoms with van der Waals surface area (Å²) in [6.45, 7) is 0.166. The van der Waals surface area contributed by atoms with Crippen LogP contribution in [0.15, 0.2) is 64.5 Å². The molecule has 0 aliphatic carbocycles. The van der Waals surface area contributed by atoms with Gasteiger partial charge in [-0.3, -0.25) is 9.20 Å². The van der Waals surface area contributed by atoms with Crippen molar-refractivity contribution >= 4 is 37.9 Å². The average Bonchev–Trinajstić information content (AvgIpc) is 3.34. The van der Waals surface area contributed by atoms with Crippen molar-refractivity contribution in [1.29, 1.82) is 0 Å². The third kappa shape index (κ3) is 2.88. The number of nitrogens with zero attached hydrogens (tertiary/aromatic N) is 4. The molecule has 0 unspecified atom stereocenters. The summed E-state index contributed by atoms with van der Waals surface area (Å²) in [4.78, 5) is 26.8. The second-order valence-electron chi connectivity index (χ2n) is 5.80. The SMILES string of the molecule is O=c1cc(COc2ncnc3scc(-c4ccccc4)c23)nc2sccn12. The quantitative estimate of drug-likeness (QED) is 0.462. The Labute approximate surface area is 161 Å². The smallest absolute Gasteiger partial charge is 0.258 e. The number of thiazole rings is 1. The molecule has 0 fully saturated rings. The molecule has 0 spiro atoms. The van der Waals surface area contributed by atoms with Crippen LogP contribution in [0.4, 0.5) is 0 Å². The van der Waals surface area contributed by atoms with Crippen LogP contribution < -0.4 is 10.3 Å². The second kappa shape index (κ2) is 6.57. The average molecular weight is 392 g/mol. The van der Waals surface area contributed by atoms with E-state index in [1.54, 1.807) is 17.5 Å². The summed E-state index contributed by atoms with van der Waals surface area (Å²) in [6, 6.07) is 11.6. The summed E-state index contributed by atoms with van der Waals surface area (Å²) in [5.74, 6) is 0.494. The van der Waals surface area contributed by atoms with Gasteiger partial charge in [0.2, 0.25) is 5.88 Å². The zero-order valence-electron chi connectivity index (χ0n) is 13.9. The molecule has 0 aliphatic heterocycles. The van der Waals surface area contributed by atoms with E-state index in [0.29, 0.717) is 16.5 Å². The molecule has 0 amide bonds. The zero-order valence-corrected chi connectivity index (χ0v) is 15.5. The minimum atomic E-state index is -0.117. The molecule has 27 heavy (non-hydrogen) atoms. The molecule has 1 aromatic carbocycles. The predicted molar refractivity (Wildman–Crippen MR) is 107 cm³/mol. The highest BCUT2D eigenvalue weighted by atomic mass is 32.1. The molecule has 0 saturated heterocycles. The van der Waals surface area contributed by atoms with Crippen LogP contribution in [0.1, 0.15) is 5.69 Å². The van der Waals surface area contributed by atoms with E-state index in [9.17, 15) is 4.79 Å². The molecule has 0 N–H and O–H groups in total. The van der Waals surface area contributed by atoms with E-state index >= 15 is 0 Å². The van der Waals surface area contributed by atoms with E-state index in [1.807, 2.05) is 35.7 Å². The van der Waals surface area contributed by atoms with E-state index < -0.39 is 0 Å². The van der Waals surface area contributed by atoms with Crippen molar-refractivity contribution in [3.05, 3.63) is 75.7 Å². The third-order valence-electron chi connectivity index (χ3n) is 4.13. The van der Waals surface area contributed by atoms with Crippen LogP contribution >= 0.6 is 22.7 Å². The molecule has 4 heterocycles. The first kappa shape index (κ1) is 16.1. The van der Waals surface area contributed by atoms with Crippen molar-refractivity contribution in [2.45, 2.75) is 6.61 Å². The Morgan fingerprint density at radius 2 is 2.00 bits per heavy atom. The molecule has 0 aliphatic rings. The van der Waals surface area contributed by atoms with Crippen LogP contribution in [0.2, 0.25) is 0 Å². The van der Waals surface area contributed by atoms with Crippen LogP contribution in [0.25, 0.3) is 26.3 Å². The first-order valence-electron chi connectivity index (χ1n) is 8.16. The highest BCUT2D eigenvalue weighted by molar-refractivity contribution is 7.17. The maximum absolute atomic E-state index is 12.1. The Balaban J connectivity index is 1.53. The molecule has 0 bridgehead atoms. The summed E-state index contributed by atoms with van der Waals surface area (Å²) in [5.41, 5.74) is 2.58. The largest absolute Gasteiger partial charge is 0.471 e. The minimum absolute atomic E-state index is 0.117. The lowest BCUT2D eigenvalue weighted by atomic mass is 10.1. The lowest BCUT2D eigenvalue weighted by molar-refractivity contribution is 0.293. The monoisotopic (exact) mass is 392 g/mol. The molecule has 0 saturated carbocycles. The van der Waals surface area contributed by atoms with Crippen molar-refractivity contribution in [2.24, 2.45) is 0 Å². The fourth-order valence-electron chi connectivity index (χ4n) is 2.89. The molecule has 132 valence electrons. The molecular weight excluding hydrogens is 380 g/mol. The van der Waals surface area contributed by atoms with Crippen LogP contribution in [-0.4, -0.2) is 19.4 Å². The number of hydrogen-bond donors (Lipinski definition) is 0. The van der Waals surface area contributed by atoms with Gasteiger partial charge in [-0.1, -0.05) is 30.3 Å². The predicted octanol–water partition coefficient (Wildman–Crippen LogP) is 4.01. The third-order valence-corrected chi connectivity index (χ3v) is 5.78. The van der Waals surface area contributed by atoms with Gasteiger partial charge in [0.1, 0.15) is 17.8 Å². The zero-order chi connectivity index (χ0) is 18.2. The van der Waals surface area contributed by atoms with E-state index in [1.165, 1.54) is 28.1 Å². The number of thiophene rings is 1. The maximum Gasteiger partial charge on any atom is 0.258 e. The first-order valence-corrected chi connectivity index (χ1v) is 9.92. The topological polar surface area (TPSA) is 69.4 Å². The number of rotatable bonds is 4. The van der Waals surface area contributed by atoms with E-state index in [0.717, 1.165) is 21.3 Å². The summed E-state index contributed by atoms with van der Waals surface area (Å²) in [6.07, 6.45) is 3.21. The van der Waals surface area contributed by atoms with Crippen LogP contribution in [-0.2, 0) is 6.61 Å². The number of hydrogen-bond acceptors (Lipinski definition) is 7. The lowest BCUT2D eigenvalue weighted by Gasteiger charge is -2.07. The molecule has 6 nitrogen and oxygen atoms in total. The van der Waals surface area contributed by atoms with Crippen molar-refractivity contribution in [3.8, 4) is 17.0 Å². The van der Waals surface area contributed by atoms with Gasteiger partial charge in [-0.15, -0.1) is 22.7 Å². The van der Waals surface area contributed by atoms with Crippen LogP contribution in [0.5, 0.6) is 5.88 Å². The molecule has 8 heteroatoms. The Morgan fingerprint density at radius 1 is 1.11 bits per heavy atom. The summed E-state index contributed by atoms with van der Waals surface area (Å²) in [7, 11) is 0. The Kier molecular flexibility index (Phi) is 3.92. The van der Waals surface area contributed by atoms with Gasteiger partial charge in [-0.25, -0.2) is 15.0 Å². The van der Waals surface area contributed by atoms with Gasteiger partial charge < -0.3 is 4.74 Å². The second-order valence-corrected chi connectivity index (χ2v) is 7.54. The highest BCUT2D eigenvalue weighted by Gasteiger charge is 2.14. The van der Waals surface area contributed by atoms with Crippen molar-refractivity contribution in [3.63, 3.8) is 0 Å². The molecule has 0 atom stereocenters. The van der Waals surface area contributed by atoms with Gasteiger partial charge in [-0.05, 0) is 5.56 Å². The lowest BCUT2D eigenvalue weighted by Crippen LogP contribution is -2.14. The molecular formula is C19H12N4O2S2. The van der Waals surface area contributed by atoms with E-state index in [-0.39, 0.29) is 12.2 Å². The number of fused-ring (bicyclic) bond motifs is 2. The van der Waals surface area contributed by atoms with Gasteiger partial charge in [0.15, 0.2) is 4.96 Å². The van der Waals surface area contributed by atoms with Crippen LogP contribution in [0.3, 0.4) is 0 Å². The standard InChI is InChI=1S/C19H12N4O2S2/c24-15-8-13(22-19-23(15)6-7-26-19)9-25-17-16-14(12-4-2-1-3-5-12)10-27-18(16)21-11-20-17/h1-8,10-11H,9H2. The van der Waals surface area contributed by atoms with E-state index in [2.05, 4.69) is 20.3 Å². The van der Waals surface area contributed by atoms with Gasteiger partial charge in [0.05, 0.1) is 11.1 Å². The summed E-state index contributed by atoms with van der Waals surface area (Å²) in [5, 5.41) is 4.77. The molecule has 5 aromatic rings. The normalized spacial score (nSPS) is 11.3. The minimum Gasteiger partial charge on any atom is -0.471 e. The van der Waals surface area contributed by atoms with E-state index in [4.69, 9.17) is 4.74 Å². The fourth-order valence-corrected chi connectivity index (χ4v) is 4.54. The number of benzene rings is 1. The van der Waals surface area contributed by atoms with Gasteiger partial charge in [0.25, 0.3) is 5.56 Å². The summed E-state index contributed by atoms with van der Waals surface area (Å²) < 4.78 is 7.47. The van der Waals surface area contributed by atoms with Gasteiger partial charge >= 0.3 is 0 Å². The molecule has 0 radical (unpaired) electrons. The summed E-state index contributed by atoms with van der Waals surface area (Å²) >= 11 is 2.96. The van der Waals surface area contributed by atoms with Crippen molar-refractivity contribution < 1.29 is 4.74 Å². The van der Waals surface area contributed by atoms with Gasteiger partial charge in [0, 0.05) is 28.6 Å². The van der Waals surface area contributed by atoms with Crippen LogP contribution in [0, 0.1) is 0 Å². The maximum atomic E-state index is 12.1. The molecule has 5 rings (SSSR count). The number of ether oxygens (including phenoxy) is 1. The van der Waals surface area contributed by atoms with Crippen molar-refractivity contribution in [1.82, 2.24) is 19.4 Å². The fraction of sp³-hybridized carbons (Fsp3) is 0.0526.